The van der Waals surface area contributed by atoms with Gasteiger partial charge < -0.3 is 79.6 Å². The molecule has 4 amide bonds. The van der Waals surface area contributed by atoms with Gasteiger partial charge in [-0.05, 0) is 179 Å². The van der Waals surface area contributed by atoms with Gasteiger partial charge in [0.25, 0.3) is 0 Å². The average Bonchev–Trinajstić information content (AvgIpc) is 3.57. The summed E-state index contributed by atoms with van der Waals surface area (Å²) in [6.45, 7) is 12.6. The van der Waals surface area contributed by atoms with Crippen LogP contribution in [0.15, 0.2) is 208 Å². The number of aliphatic hydroxyl groups excluding tert-OH is 4. The van der Waals surface area contributed by atoms with Gasteiger partial charge in [-0.2, -0.15) is 0 Å². The lowest BCUT2D eigenvalue weighted by Crippen LogP contribution is -2.25. The maximum absolute atomic E-state index is 11.8. The molecule has 0 saturated heterocycles. The Kier molecular flexibility index (Phi) is 23.3. The van der Waals surface area contributed by atoms with Crippen LogP contribution in [0.2, 0.25) is 0 Å². The van der Waals surface area contributed by atoms with Crippen molar-refractivity contribution >= 4 is 67.9 Å². The van der Waals surface area contributed by atoms with Crippen molar-refractivity contribution in [1.29, 1.82) is 0 Å². The lowest BCUT2D eigenvalue weighted by atomic mass is 9.93. The third-order valence-electron chi connectivity index (χ3n) is 13.2. The Bertz CT molecular complexity index is 3490. The minimum absolute atomic E-state index is 0.109. The predicted molar refractivity (Wildman–Crippen MR) is 340 cm³/mol. The Morgan fingerprint density at radius 3 is 0.809 bits per heavy atom. The van der Waals surface area contributed by atoms with E-state index in [4.69, 9.17) is 37.9 Å². The average molecular weight is 1210 g/mol. The zero-order chi connectivity index (χ0) is 63.1. The topological polar surface area (TPSA) is 271 Å². The van der Waals surface area contributed by atoms with Crippen LogP contribution in [0.25, 0.3) is 21.5 Å². The van der Waals surface area contributed by atoms with Gasteiger partial charge in [0.05, 0.1) is 0 Å². The molecule has 460 valence electrons. The molecule has 0 aliphatic heterocycles. The maximum atomic E-state index is 11.8. The van der Waals surface area contributed by atoms with E-state index in [-0.39, 0.29) is 82.9 Å². The first-order valence-electron chi connectivity index (χ1n) is 28.1. The molecule has 8 aromatic rings. The fraction of sp³-hybridized carbons (Fsp3) is 0.188. The molecule has 8 N–H and O–H groups in total. The number of nitrogens with one attached hydrogen (secondary N) is 4. The number of amides is 4. The molecule has 0 fully saturated rings. The molecule has 4 atom stereocenters. The Balaban J connectivity index is 1.06. The monoisotopic (exact) mass is 1210 g/mol. The Labute approximate surface area is 513 Å². The molecular weight excluding hydrogens is 1140 g/mol. The zero-order valence-corrected chi connectivity index (χ0v) is 48.5. The third-order valence-corrected chi connectivity index (χ3v) is 13.2. The van der Waals surface area contributed by atoms with Crippen molar-refractivity contribution < 1.29 is 77.5 Å². The van der Waals surface area contributed by atoms with E-state index in [1.807, 2.05) is 36.4 Å². The van der Waals surface area contributed by atoms with E-state index in [2.05, 4.69) is 47.6 Å². The van der Waals surface area contributed by atoms with Gasteiger partial charge >= 0.3 is 0 Å². The second kappa shape index (κ2) is 32.2. The van der Waals surface area contributed by atoms with E-state index in [1.165, 1.54) is 0 Å². The van der Waals surface area contributed by atoms with Crippen LogP contribution in [-0.2, 0) is 25.6 Å². The van der Waals surface area contributed by atoms with Crippen molar-refractivity contribution in [2.75, 3.05) is 74.1 Å². The number of rotatable bonds is 34. The smallest absolute Gasteiger partial charge is 0.247 e. The van der Waals surface area contributed by atoms with Gasteiger partial charge in [-0.25, -0.2) is 0 Å². The molecule has 4 unspecified atom stereocenters. The minimum Gasteiger partial charge on any atom is -0.491 e. The van der Waals surface area contributed by atoms with Gasteiger partial charge in [0.2, 0.25) is 23.6 Å². The van der Waals surface area contributed by atoms with Crippen molar-refractivity contribution in [2.45, 2.75) is 30.8 Å². The molecule has 0 bridgehead atoms. The van der Waals surface area contributed by atoms with Crippen molar-refractivity contribution in [1.82, 2.24) is 0 Å². The molecule has 20 heteroatoms. The number of carbonyl (C=O) groups is 4. The Morgan fingerprint density at radius 1 is 0.326 bits per heavy atom. The number of benzene rings is 8. The van der Waals surface area contributed by atoms with Crippen LogP contribution in [0.1, 0.15) is 11.1 Å². The van der Waals surface area contributed by atoms with E-state index in [1.54, 1.807) is 121 Å². The zero-order valence-electron chi connectivity index (χ0n) is 48.5. The first kappa shape index (κ1) is 64.4. The van der Waals surface area contributed by atoms with Crippen LogP contribution < -0.4 is 59.2 Å². The molecule has 0 aromatic heterocycles. The van der Waals surface area contributed by atoms with E-state index in [9.17, 15) is 39.6 Å². The Morgan fingerprint density at radius 2 is 0.551 bits per heavy atom. The maximum Gasteiger partial charge on any atom is 0.247 e. The standard InChI is InChI=1S/C69H68N4O16/c1-5-66(78)70-46-13-23-54(24-14-46)82-36-50(74)40-86-58-21-9-44-11-31-64(88-42-52(76)38-84-56-27-17-48(18-28-56)72-68(80)7-3)62(60(44)33-58)35-63-61-34-59(87-41-51(75)37-83-55-25-15-47(16-26-55)71-67(79)6-2)22-10-45(61)12-32-65(63)89-43-53(77)39-85-57-29-19-49(20-30-57)73-69(81)8-4/h5-34,50-53,74-77H,1-4,35-43H2,(H,70,78)(H,71,79)(H,72,80)(H,73,81). The van der Waals surface area contributed by atoms with Crippen molar-refractivity contribution in [3.8, 4) is 46.0 Å². The summed E-state index contributed by atoms with van der Waals surface area (Å²) in [4.78, 5) is 47.1. The second-order valence-electron chi connectivity index (χ2n) is 20.0. The fourth-order valence-electron chi connectivity index (χ4n) is 8.70. The van der Waals surface area contributed by atoms with Crippen molar-refractivity contribution in [2.24, 2.45) is 0 Å². The number of aliphatic hydroxyl groups is 4. The SMILES string of the molecule is C=CC(=O)Nc1ccc(OCC(O)COc2ccc3ccc(OCC(O)COc4ccc(NC(=O)C=C)cc4)c(Cc4c(OCC(O)COc5ccc(NC(=O)C=C)cc5)ccc5ccc(OCC(O)COc6ccc(NC(=O)C=C)cc6)cc45)c3c2)cc1. The highest BCUT2D eigenvalue weighted by molar-refractivity contribution is 6.01. The summed E-state index contributed by atoms with van der Waals surface area (Å²) < 4.78 is 48.8. The second-order valence-corrected chi connectivity index (χ2v) is 20.0. The molecule has 0 radical (unpaired) electrons. The van der Waals surface area contributed by atoms with Crippen molar-refractivity contribution in [3.05, 3.63) is 219 Å². The number of fused-ring (bicyclic) bond motifs is 2. The summed E-state index contributed by atoms with van der Waals surface area (Å²) in [5, 5.41) is 58.4. The van der Waals surface area contributed by atoms with E-state index < -0.39 is 24.4 Å². The van der Waals surface area contributed by atoms with E-state index >= 15 is 0 Å². The van der Waals surface area contributed by atoms with E-state index in [0.717, 1.165) is 35.1 Å². The molecule has 0 spiro atoms. The highest BCUT2D eigenvalue weighted by Gasteiger charge is 2.21. The molecule has 8 rings (SSSR count). The van der Waals surface area contributed by atoms with Crippen LogP contribution in [0.3, 0.4) is 0 Å². The molecular formula is C69H68N4O16. The highest BCUT2D eigenvalue weighted by atomic mass is 16.5. The summed E-state index contributed by atoms with van der Waals surface area (Å²) >= 11 is 0. The summed E-state index contributed by atoms with van der Waals surface area (Å²) in [5.74, 6) is 1.95. The van der Waals surface area contributed by atoms with E-state index in [0.29, 0.717) is 90.6 Å². The van der Waals surface area contributed by atoms with Gasteiger partial charge in [0, 0.05) is 40.3 Å². The quantitative estimate of drug-likeness (QED) is 0.0175. The fourth-order valence-corrected chi connectivity index (χ4v) is 8.70. The van der Waals surface area contributed by atoms with Crippen molar-refractivity contribution in [3.63, 3.8) is 0 Å². The molecule has 0 aliphatic carbocycles. The number of ether oxygens (including phenoxy) is 8. The summed E-state index contributed by atoms with van der Waals surface area (Å²) in [7, 11) is 0. The molecule has 20 nitrogen and oxygen atoms in total. The largest absolute Gasteiger partial charge is 0.491 e. The Hall–Kier alpha value is -10.6. The number of carbonyl (C=O) groups excluding carboxylic acids is 4. The molecule has 0 saturated carbocycles. The van der Waals surface area contributed by atoms with Crippen LogP contribution in [0.4, 0.5) is 22.7 Å². The lowest BCUT2D eigenvalue weighted by molar-refractivity contribution is -0.112. The molecule has 89 heavy (non-hydrogen) atoms. The number of hydrogen-bond acceptors (Lipinski definition) is 16. The normalized spacial score (nSPS) is 12.2. The van der Waals surface area contributed by atoms with Gasteiger partial charge in [0.15, 0.2) is 0 Å². The minimum atomic E-state index is -1.12. The van der Waals surface area contributed by atoms with Crippen LogP contribution >= 0.6 is 0 Å². The van der Waals surface area contributed by atoms with Gasteiger partial charge in [0.1, 0.15) is 123 Å². The molecule has 8 aromatic carbocycles. The van der Waals surface area contributed by atoms with Crippen LogP contribution in [0.5, 0.6) is 46.0 Å². The van der Waals surface area contributed by atoms with Gasteiger partial charge in [-0.1, -0.05) is 50.6 Å². The molecule has 0 heterocycles. The van der Waals surface area contributed by atoms with Gasteiger partial charge in [-0.3, -0.25) is 19.2 Å². The van der Waals surface area contributed by atoms with Crippen LogP contribution in [0, 0.1) is 0 Å². The summed E-state index contributed by atoms with van der Waals surface area (Å²) in [6, 6.07) is 44.8. The van der Waals surface area contributed by atoms with Crippen LogP contribution in [-0.4, -0.2) is 121 Å². The summed E-state index contributed by atoms with van der Waals surface area (Å²) in [6.07, 6.45) is 0.405. The summed E-state index contributed by atoms with van der Waals surface area (Å²) in [5.41, 5.74) is 3.44. The first-order valence-corrected chi connectivity index (χ1v) is 28.1. The number of anilines is 4. The van der Waals surface area contributed by atoms with Gasteiger partial charge in [-0.15, -0.1) is 0 Å². The third kappa shape index (κ3) is 19.7. The number of hydrogen-bond donors (Lipinski definition) is 8. The molecule has 0 aliphatic rings. The highest BCUT2D eigenvalue weighted by Crippen LogP contribution is 2.39. The lowest BCUT2D eigenvalue weighted by Gasteiger charge is -2.21. The predicted octanol–water partition coefficient (Wildman–Crippen LogP) is 9.36. The first-order chi connectivity index (χ1) is 43.1.